The molecule has 0 unspecified atom stereocenters. The van der Waals surface area contributed by atoms with Crippen LogP contribution in [0.5, 0.6) is 0 Å². The Morgan fingerprint density at radius 1 is 1.54 bits per heavy atom. The molecule has 0 spiro atoms. The van der Waals surface area contributed by atoms with Gasteiger partial charge in [0.15, 0.2) is 0 Å². The van der Waals surface area contributed by atoms with Crippen LogP contribution in [-0.4, -0.2) is 12.6 Å². The number of hydrogen-bond acceptors (Lipinski definition) is 2. The van der Waals surface area contributed by atoms with E-state index in [-0.39, 0.29) is 5.97 Å². The number of esters is 1. The summed E-state index contributed by atoms with van der Waals surface area (Å²) in [4.78, 5) is 11.2. The SMILES string of the molecule is CCC/C(C)=C/C(=O)OCC1CC1. The largest absolute Gasteiger partial charge is 0.462 e. The molecular weight excluding hydrogens is 164 g/mol. The van der Waals surface area contributed by atoms with Crippen LogP contribution >= 0.6 is 0 Å². The van der Waals surface area contributed by atoms with Crippen molar-refractivity contribution >= 4 is 5.97 Å². The summed E-state index contributed by atoms with van der Waals surface area (Å²) >= 11 is 0. The molecule has 74 valence electrons. The highest BCUT2D eigenvalue weighted by atomic mass is 16.5. The highest BCUT2D eigenvalue weighted by Crippen LogP contribution is 2.28. The van der Waals surface area contributed by atoms with Gasteiger partial charge in [-0.1, -0.05) is 18.9 Å². The fourth-order valence-electron chi connectivity index (χ4n) is 1.19. The fraction of sp³-hybridized carbons (Fsp3) is 0.727. The second-order valence-electron chi connectivity index (χ2n) is 3.81. The summed E-state index contributed by atoms with van der Waals surface area (Å²) in [6.07, 6.45) is 6.14. The predicted molar refractivity (Wildman–Crippen MR) is 52.3 cm³/mol. The third-order valence-corrected chi connectivity index (χ3v) is 2.17. The first kappa shape index (κ1) is 10.3. The van der Waals surface area contributed by atoms with Crippen molar-refractivity contribution < 1.29 is 9.53 Å². The third kappa shape index (κ3) is 4.71. The van der Waals surface area contributed by atoms with Gasteiger partial charge in [0, 0.05) is 6.08 Å². The molecule has 1 rings (SSSR count). The van der Waals surface area contributed by atoms with E-state index in [0.717, 1.165) is 18.4 Å². The summed E-state index contributed by atoms with van der Waals surface area (Å²) in [5, 5.41) is 0. The molecule has 0 aromatic rings. The molecule has 1 saturated carbocycles. The van der Waals surface area contributed by atoms with E-state index in [1.165, 1.54) is 12.8 Å². The molecule has 1 fully saturated rings. The van der Waals surface area contributed by atoms with Gasteiger partial charge in [0.05, 0.1) is 6.61 Å². The smallest absolute Gasteiger partial charge is 0.330 e. The van der Waals surface area contributed by atoms with Crippen molar-refractivity contribution in [3.63, 3.8) is 0 Å². The predicted octanol–water partition coefficient (Wildman–Crippen LogP) is 2.69. The average Bonchev–Trinajstić information content (AvgIpc) is 2.84. The molecule has 0 aliphatic heterocycles. The van der Waals surface area contributed by atoms with E-state index in [9.17, 15) is 4.79 Å². The van der Waals surface area contributed by atoms with Crippen LogP contribution in [0.15, 0.2) is 11.6 Å². The van der Waals surface area contributed by atoms with E-state index in [2.05, 4.69) is 6.92 Å². The second-order valence-corrected chi connectivity index (χ2v) is 3.81. The topological polar surface area (TPSA) is 26.3 Å². The Bertz CT molecular complexity index is 202. The molecule has 2 heteroatoms. The number of rotatable bonds is 5. The minimum atomic E-state index is -0.169. The minimum Gasteiger partial charge on any atom is -0.462 e. The van der Waals surface area contributed by atoms with E-state index in [1.807, 2.05) is 6.92 Å². The lowest BCUT2D eigenvalue weighted by Crippen LogP contribution is -2.04. The minimum absolute atomic E-state index is 0.169. The van der Waals surface area contributed by atoms with Crippen molar-refractivity contribution in [1.82, 2.24) is 0 Å². The van der Waals surface area contributed by atoms with Gasteiger partial charge in [-0.2, -0.15) is 0 Å². The molecule has 1 aliphatic rings. The Hall–Kier alpha value is -0.790. The van der Waals surface area contributed by atoms with Crippen LogP contribution < -0.4 is 0 Å². The lowest BCUT2D eigenvalue weighted by molar-refractivity contribution is -0.138. The number of carbonyl (C=O) groups is 1. The lowest BCUT2D eigenvalue weighted by Gasteiger charge is -2.00. The Morgan fingerprint density at radius 2 is 2.23 bits per heavy atom. The fourth-order valence-corrected chi connectivity index (χ4v) is 1.19. The molecule has 13 heavy (non-hydrogen) atoms. The van der Waals surface area contributed by atoms with Gasteiger partial charge < -0.3 is 4.74 Å². The standard InChI is InChI=1S/C11H18O2/c1-3-4-9(2)7-11(12)13-8-10-5-6-10/h7,10H,3-6,8H2,1-2H3/b9-7+. The first-order valence-corrected chi connectivity index (χ1v) is 5.06. The van der Waals surface area contributed by atoms with Gasteiger partial charge in [-0.15, -0.1) is 0 Å². The molecule has 0 amide bonds. The van der Waals surface area contributed by atoms with Crippen molar-refractivity contribution in [3.8, 4) is 0 Å². The number of allylic oxidation sites excluding steroid dienone is 1. The number of hydrogen-bond donors (Lipinski definition) is 0. The zero-order valence-corrected chi connectivity index (χ0v) is 8.51. The van der Waals surface area contributed by atoms with Crippen LogP contribution in [0.4, 0.5) is 0 Å². The van der Waals surface area contributed by atoms with E-state index in [4.69, 9.17) is 4.74 Å². The van der Waals surface area contributed by atoms with E-state index >= 15 is 0 Å². The molecule has 0 heterocycles. The summed E-state index contributed by atoms with van der Waals surface area (Å²) in [7, 11) is 0. The summed E-state index contributed by atoms with van der Waals surface area (Å²) in [6.45, 7) is 4.70. The Kier molecular flexibility index (Phi) is 4.00. The summed E-state index contributed by atoms with van der Waals surface area (Å²) in [5.74, 6) is 0.488. The highest BCUT2D eigenvalue weighted by Gasteiger charge is 2.22. The number of carbonyl (C=O) groups excluding carboxylic acids is 1. The molecule has 2 nitrogen and oxygen atoms in total. The van der Waals surface area contributed by atoms with Crippen LogP contribution in [0.2, 0.25) is 0 Å². The Labute approximate surface area is 80.0 Å². The van der Waals surface area contributed by atoms with Gasteiger partial charge in [-0.25, -0.2) is 4.79 Å². The third-order valence-electron chi connectivity index (χ3n) is 2.17. The van der Waals surface area contributed by atoms with Crippen molar-refractivity contribution in [1.29, 1.82) is 0 Å². The highest BCUT2D eigenvalue weighted by molar-refractivity contribution is 5.82. The molecule has 0 aromatic carbocycles. The molecule has 0 saturated heterocycles. The van der Waals surface area contributed by atoms with Crippen LogP contribution in [0.1, 0.15) is 39.5 Å². The van der Waals surface area contributed by atoms with Crippen molar-refractivity contribution in [2.45, 2.75) is 39.5 Å². The maximum atomic E-state index is 11.2. The van der Waals surface area contributed by atoms with Gasteiger partial charge in [0.25, 0.3) is 0 Å². The molecule has 0 bridgehead atoms. The van der Waals surface area contributed by atoms with Gasteiger partial charge in [-0.3, -0.25) is 0 Å². The first-order chi connectivity index (χ1) is 6.22. The zero-order valence-electron chi connectivity index (χ0n) is 8.51. The van der Waals surface area contributed by atoms with E-state index in [0.29, 0.717) is 12.5 Å². The molecule has 0 atom stereocenters. The first-order valence-electron chi connectivity index (χ1n) is 5.06. The molecule has 0 N–H and O–H groups in total. The van der Waals surface area contributed by atoms with Crippen LogP contribution in [-0.2, 0) is 9.53 Å². The Balaban J connectivity index is 2.17. The molecule has 0 aromatic heterocycles. The van der Waals surface area contributed by atoms with E-state index < -0.39 is 0 Å². The lowest BCUT2D eigenvalue weighted by atomic mass is 10.2. The summed E-state index contributed by atoms with van der Waals surface area (Å²) < 4.78 is 5.07. The number of ether oxygens (including phenoxy) is 1. The average molecular weight is 182 g/mol. The summed E-state index contributed by atoms with van der Waals surface area (Å²) in [6, 6.07) is 0. The van der Waals surface area contributed by atoms with Crippen LogP contribution in [0.25, 0.3) is 0 Å². The van der Waals surface area contributed by atoms with Gasteiger partial charge in [0.1, 0.15) is 0 Å². The Morgan fingerprint density at radius 3 is 2.77 bits per heavy atom. The normalized spacial score (nSPS) is 17.2. The quantitative estimate of drug-likeness (QED) is 0.482. The van der Waals surface area contributed by atoms with E-state index in [1.54, 1.807) is 6.08 Å². The van der Waals surface area contributed by atoms with Gasteiger partial charge >= 0.3 is 5.97 Å². The van der Waals surface area contributed by atoms with Crippen molar-refractivity contribution in [2.24, 2.45) is 5.92 Å². The van der Waals surface area contributed by atoms with Gasteiger partial charge in [-0.05, 0) is 32.1 Å². The van der Waals surface area contributed by atoms with Crippen LogP contribution in [0.3, 0.4) is 0 Å². The molecule has 1 aliphatic carbocycles. The van der Waals surface area contributed by atoms with Crippen molar-refractivity contribution in [2.75, 3.05) is 6.61 Å². The van der Waals surface area contributed by atoms with Crippen molar-refractivity contribution in [3.05, 3.63) is 11.6 Å². The zero-order chi connectivity index (χ0) is 9.68. The maximum absolute atomic E-state index is 11.2. The van der Waals surface area contributed by atoms with Gasteiger partial charge in [0.2, 0.25) is 0 Å². The maximum Gasteiger partial charge on any atom is 0.330 e. The summed E-state index contributed by atoms with van der Waals surface area (Å²) in [5.41, 5.74) is 1.11. The second kappa shape index (κ2) is 5.05. The van der Waals surface area contributed by atoms with Crippen LogP contribution in [0, 0.1) is 5.92 Å². The molecular formula is C11H18O2. The monoisotopic (exact) mass is 182 g/mol. The molecule has 0 radical (unpaired) electrons.